The highest BCUT2D eigenvalue weighted by Crippen LogP contribution is 2.28. The van der Waals surface area contributed by atoms with Crippen molar-refractivity contribution in [2.75, 3.05) is 11.9 Å². The van der Waals surface area contributed by atoms with Crippen molar-refractivity contribution in [2.24, 2.45) is 0 Å². The number of thiophene rings is 1. The number of hydrogen-bond donors (Lipinski definition) is 2. The normalized spacial score (nSPS) is 13.0. The molecule has 80 valence electrons. The Morgan fingerprint density at radius 1 is 1.60 bits per heavy atom. The maximum absolute atomic E-state index is 9.19. The zero-order valence-electron chi connectivity index (χ0n) is 8.07. The predicted octanol–water partition coefficient (Wildman–Crippen LogP) is 2.09. The number of halogens is 1. The number of aromatic nitrogens is 2. The van der Waals surface area contributed by atoms with Crippen LogP contribution in [0.5, 0.6) is 0 Å². The van der Waals surface area contributed by atoms with Gasteiger partial charge in [0.25, 0.3) is 0 Å². The number of nitrogens with zero attached hydrogens (tertiary/aromatic N) is 2. The number of aliphatic hydroxyl groups excluding tert-OH is 1. The van der Waals surface area contributed by atoms with E-state index in [1.54, 1.807) is 24.6 Å². The minimum absolute atomic E-state index is 0.382. The van der Waals surface area contributed by atoms with Gasteiger partial charge in [0, 0.05) is 6.54 Å². The first-order valence-electron chi connectivity index (χ1n) is 4.49. The molecule has 2 aromatic rings. The second-order valence-electron chi connectivity index (χ2n) is 3.22. The van der Waals surface area contributed by atoms with Crippen LogP contribution < -0.4 is 5.32 Å². The number of hydrogen-bond acceptors (Lipinski definition) is 5. The van der Waals surface area contributed by atoms with E-state index < -0.39 is 0 Å². The second kappa shape index (κ2) is 4.58. The molecule has 2 aromatic heterocycles. The molecule has 0 saturated heterocycles. The molecule has 4 nitrogen and oxygen atoms in total. The number of nitrogens with one attached hydrogen (secondary N) is 1. The molecule has 0 radical (unpaired) electrons. The Morgan fingerprint density at radius 3 is 3.13 bits per heavy atom. The Hall–Kier alpha value is -0.470. The van der Waals surface area contributed by atoms with Crippen molar-refractivity contribution in [3.63, 3.8) is 0 Å². The number of anilines is 1. The van der Waals surface area contributed by atoms with Crippen molar-refractivity contribution in [1.82, 2.24) is 9.97 Å². The van der Waals surface area contributed by atoms with E-state index in [0.29, 0.717) is 6.54 Å². The van der Waals surface area contributed by atoms with Gasteiger partial charge in [-0.2, -0.15) is 0 Å². The lowest BCUT2D eigenvalue weighted by molar-refractivity contribution is 0.208. The molecule has 0 aromatic carbocycles. The summed E-state index contributed by atoms with van der Waals surface area (Å²) in [5.74, 6) is 0.792. The standard InChI is InChI=1S/C9H10IN3OS/c1-5(14)3-11-8-6-2-7(10)15-9(6)13-4-12-8/h2,4-5,14H,3H2,1H3,(H,11,12,13)/t5-/m1/s1. The summed E-state index contributed by atoms with van der Waals surface area (Å²) in [7, 11) is 0. The molecule has 0 unspecified atom stereocenters. The fourth-order valence-electron chi connectivity index (χ4n) is 1.21. The quantitative estimate of drug-likeness (QED) is 0.844. The maximum Gasteiger partial charge on any atom is 0.138 e. The maximum atomic E-state index is 9.19. The van der Waals surface area contributed by atoms with Gasteiger partial charge in [-0.3, -0.25) is 0 Å². The van der Waals surface area contributed by atoms with Crippen LogP contribution in [0.25, 0.3) is 10.2 Å². The van der Waals surface area contributed by atoms with Gasteiger partial charge in [-0.15, -0.1) is 11.3 Å². The molecule has 6 heteroatoms. The average molecular weight is 335 g/mol. The fraction of sp³-hybridized carbons (Fsp3) is 0.333. The van der Waals surface area contributed by atoms with E-state index in [1.807, 2.05) is 6.07 Å². The first kappa shape index (κ1) is 11.0. The van der Waals surface area contributed by atoms with Crippen molar-refractivity contribution >= 4 is 50.0 Å². The van der Waals surface area contributed by atoms with Crippen molar-refractivity contribution in [2.45, 2.75) is 13.0 Å². The molecule has 0 spiro atoms. The summed E-state index contributed by atoms with van der Waals surface area (Å²) in [6, 6.07) is 2.05. The molecule has 0 saturated carbocycles. The molecular formula is C9H10IN3OS. The Kier molecular flexibility index (Phi) is 3.37. The highest BCUT2D eigenvalue weighted by Gasteiger charge is 2.07. The highest BCUT2D eigenvalue weighted by atomic mass is 127. The fourth-order valence-corrected chi connectivity index (χ4v) is 2.88. The third kappa shape index (κ3) is 2.56. The van der Waals surface area contributed by atoms with Crippen molar-refractivity contribution in [1.29, 1.82) is 0 Å². The summed E-state index contributed by atoms with van der Waals surface area (Å²) in [5, 5.41) is 13.3. The van der Waals surface area contributed by atoms with Crippen molar-refractivity contribution in [3.8, 4) is 0 Å². The second-order valence-corrected chi connectivity index (χ2v) is 6.15. The van der Waals surface area contributed by atoms with Gasteiger partial charge in [0.1, 0.15) is 17.0 Å². The first-order chi connectivity index (χ1) is 7.16. The SMILES string of the molecule is C[C@@H](O)CNc1ncnc2sc(I)cc12. The molecule has 2 rings (SSSR count). The number of rotatable bonds is 3. The molecule has 15 heavy (non-hydrogen) atoms. The number of fused-ring (bicyclic) bond motifs is 1. The molecule has 2 N–H and O–H groups in total. The van der Waals surface area contributed by atoms with Crippen LogP contribution >= 0.6 is 33.9 Å². The van der Waals surface area contributed by atoms with Gasteiger partial charge in [-0.25, -0.2) is 9.97 Å². The summed E-state index contributed by atoms with van der Waals surface area (Å²) < 4.78 is 1.18. The Morgan fingerprint density at radius 2 is 2.40 bits per heavy atom. The zero-order chi connectivity index (χ0) is 10.8. The highest BCUT2D eigenvalue weighted by molar-refractivity contribution is 14.1. The van der Waals surface area contributed by atoms with Crippen molar-refractivity contribution < 1.29 is 5.11 Å². The lowest BCUT2D eigenvalue weighted by Gasteiger charge is -2.07. The summed E-state index contributed by atoms with van der Waals surface area (Å²) in [6.07, 6.45) is 1.16. The molecule has 0 amide bonds. The van der Waals surface area contributed by atoms with Crippen LogP contribution in [0.15, 0.2) is 12.4 Å². The summed E-state index contributed by atoms with van der Waals surface area (Å²) in [5.41, 5.74) is 0. The van der Waals surface area contributed by atoms with Crippen LogP contribution in [0.1, 0.15) is 6.92 Å². The molecule has 0 aliphatic rings. The molecule has 0 aliphatic carbocycles. The van der Waals surface area contributed by atoms with E-state index in [0.717, 1.165) is 16.0 Å². The first-order valence-corrected chi connectivity index (χ1v) is 6.38. The van der Waals surface area contributed by atoms with Gasteiger partial charge in [0.05, 0.1) is 14.4 Å². The summed E-state index contributed by atoms with van der Waals surface area (Å²) >= 11 is 3.90. The number of aliphatic hydroxyl groups is 1. The van der Waals surface area contributed by atoms with Gasteiger partial charge in [-0.1, -0.05) is 0 Å². The van der Waals surface area contributed by atoms with E-state index in [9.17, 15) is 5.11 Å². The third-order valence-electron chi connectivity index (χ3n) is 1.86. The van der Waals surface area contributed by atoms with Gasteiger partial charge in [0.15, 0.2) is 0 Å². The Balaban J connectivity index is 2.33. The van der Waals surface area contributed by atoms with E-state index in [2.05, 4.69) is 37.9 Å². The lowest BCUT2D eigenvalue weighted by atomic mass is 10.3. The van der Waals surface area contributed by atoms with Crippen LogP contribution in [0.2, 0.25) is 0 Å². The summed E-state index contributed by atoms with van der Waals surface area (Å²) in [6.45, 7) is 2.24. The molecule has 0 fully saturated rings. The zero-order valence-corrected chi connectivity index (χ0v) is 11.0. The van der Waals surface area contributed by atoms with E-state index in [4.69, 9.17) is 0 Å². The van der Waals surface area contributed by atoms with Gasteiger partial charge < -0.3 is 10.4 Å². The Labute approximate surface area is 105 Å². The smallest absolute Gasteiger partial charge is 0.138 e. The van der Waals surface area contributed by atoms with E-state index in [-0.39, 0.29) is 6.10 Å². The van der Waals surface area contributed by atoms with Gasteiger partial charge >= 0.3 is 0 Å². The van der Waals surface area contributed by atoms with E-state index >= 15 is 0 Å². The molecule has 2 heterocycles. The topological polar surface area (TPSA) is 58.0 Å². The average Bonchev–Trinajstić information content (AvgIpc) is 2.55. The summed E-state index contributed by atoms with van der Waals surface area (Å²) in [4.78, 5) is 9.33. The van der Waals surface area contributed by atoms with Gasteiger partial charge in [-0.05, 0) is 35.6 Å². The largest absolute Gasteiger partial charge is 0.392 e. The van der Waals surface area contributed by atoms with Crippen molar-refractivity contribution in [3.05, 3.63) is 15.3 Å². The van der Waals surface area contributed by atoms with Crippen LogP contribution in [0.3, 0.4) is 0 Å². The monoisotopic (exact) mass is 335 g/mol. The lowest BCUT2D eigenvalue weighted by Crippen LogP contribution is -2.16. The van der Waals surface area contributed by atoms with Crippen LogP contribution in [-0.2, 0) is 0 Å². The minimum atomic E-state index is -0.382. The van der Waals surface area contributed by atoms with Gasteiger partial charge in [0.2, 0.25) is 0 Å². The van der Waals surface area contributed by atoms with E-state index in [1.165, 1.54) is 2.88 Å². The molecule has 1 atom stereocenters. The predicted molar refractivity (Wildman–Crippen MR) is 70.3 cm³/mol. The van der Waals surface area contributed by atoms with Crippen LogP contribution in [-0.4, -0.2) is 27.7 Å². The third-order valence-corrected chi connectivity index (χ3v) is 3.67. The minimum Gasteiger partial charge on any atom is -0.392 e. The van der Waals surface area contributed by atoms with Crippen LogP contribution in [0, 0.1) is 2.88 Å². The molecular weight excluding hydrogens is 325 g/mol. The van der Waals surface area contributed by atoms with Crippen LogP contribution in [0.4, 0.5) is 5.82 Å². The molecule has 0 bridgehead atoms. The Bertz CT molecular complexity index is 471. The molecule has 0 aliphatic heterocycles.